The van der Waals surface area contributed by atoms with Gasteiger partial charge in [0.25, 0.3) is 0 Å². The van der Waals surface area contributed by atoms with Crippen LogP contribution in [0.5, 0.6) is 0 Å². The number of carboxylic acid groups (broad SMARTS) is 1. The fraction of sp³-hybridized carbons (Fsp3) is 0.727. The molecule has 17 heavy (non-hydrogen) atoms. The topological polar surface area (TPSA) is 86.7 Å². The molecule has 1 unspecified atom stereocenters. The van der Waals surface area contributed by atoms with Crippen LogP contribution in [-0.4, -0.2) is 45.9 Å². The van der Waals surface area contributed by atoms with E-state index in [-0.39, 0.29) is 37.2 Å². The Kier molecular flexibility index (Phi) is 3.87. The van der Waals surface area contributed by atoms with Gasteiger partial charge in [-0.2, -0.15) is 0 Å². The van der Waals surface area contributed by atoms with Gasteiger partial charge >= 0.3 is 5.97 Å². The Morgan fingerprint density at radius 3 is 2.24 bits per heavy atom. The number of imide groups is 1. The van der Waals surface area contributed by atoms with Crippen LogP contribution in [0.2, 0.25) is 0 Å². The Labute approximate surface area is 100.0 Å². The SMILES string of the molecule is CC(C)NC(C)(CN1C(=O)CCC1=O)C(=O)O. The van der Waals surface area contributed by atoms with E-state index in [9.17, 15) is 19.5 Å². The minimum atomic E-state index is -1.30. The maximum Gasteiger partial charge on any atom is 0.325 e. The van der Waals surface area contributed by atoms with Crippen molar-refractivity contribution in [1.82, 2.24) is 10.2 Å². The monoisotopic (exact) mass is 242 g/mol. The first-order chi connectivity index (χ1) is 7.76. The molecule has 1 fully saturated rings. The maximum atomic E-state index is 11.5. The number of carbonyl (C=O) groups is 3. The zero-order valence-electron chi connectivity index (χ0n) is 10.3. The van der Waals surface area contributed by atoms with Crippen molar-refractivity contribution in [3.8, 4) is 0 Å². The fourth-order valence-electron chi connectivity index (χ4n) is 1.93. The highest BCUT2D eigenvalue weighted by atomic mass is 16.4. The second-order valence-corrected chi connectivity index (χ2v) is 4.81. The van der Waals surface area contributed by atoms with Crippen LogP contribution >= 0.6 is 0 Å². The van der Waals surface area contributed by atoms with E-state index in [1.807, 2.05) is 13.8 Å². The number of aliphatic carboxylic acids is 1. The molecule has 2 N–H and O–H groups in total. The van der Waals surface area contributed by atoms with Gasteiger partial charge in [-0.3, -0.25) is 24.6 Å². The summed E-state index contributed by atoms with van der Waals surface area (Å²) in [6.45, 7) is 4.98. The van der Waals surface area contributed by atoms with Gasteiger partial charge in [-0.15, -0.1) is 0 Å². The summed E-state index contributed by atoms with van der Waals surface area (Å²) >= 11 is 0. The van der Waals surface area contributed by atoms with Crippen LogP contribution in [0.1, 0.15) is 33.6 Å². The van der Waals surface area contributed by atoms with Crippen LogP contribution in [0, 0.1) is 0 Å². The fourth-order valence-corrected chi connectivity index (χ4v) is 1.93. The minimum absolute atomic E-state index is 0.0519. The summed E-state index contributed by atoms with van der Waals surface area (Å²) in [5, 5.41) is 12.1. The van der Waals surface area contributed by atoms with Gasteiger partial charge in [-0.25, -0.2) is 0 Å². The minimum Gasteiger partial charge on any atom is -0.480 e. The smallest absolute Gasteiger partial charge is 0.325 e. The normalized spacial score (nSPS) is 19.9. The third-order valence-electron chi connectivity index (χ3n) is 2.71. The molecule has 1 rings (SSSR count). The Morgan fingerprint density at radius 2 is 1.88 bits per heavy atom. The van der Waals surface area contributed by atoms with E-state index in [0.717, 1.165) is 4.90 Å². The van der Waals surface area contributed by atoms with Crippen molar-refractivity contribution in [2.75, 3.05) is 6.54 Å². The summed E-state index contributed by atoms with van der Waals surface area (Å²) < 4.78 is 0. The molecular formula is C11H18N2O4. The lowest BCUT2D eigenvalue weighted by Gasteiger charge is -2.31. The first-order valence-electron chi connectivity index (χ1n) is 5.60. The lowest BCUT2D eigenvalue weighted by molar-refractivity contribution is -0.148. The molecule has 0 bridgehead atoms. The van der Waals surface area contributed by atoms with Gasteiger partial charge in [0, 0.05) is 18.9 Å². The molecule has 1 aliphatic heterocycles. The van der Waals surface area contributed by atoms with Crippen molar-refractivity contribution in [2.24, 2.45) is 0 Å². The van der Waals surface area contributed by atoms with Gasteiger partial charge in [0.2, 0.25) is 11.8 Å². The predicted molar refractivity (Wildman–Crippen MR) is 60.3 cm³/mol. The molecule has 0 aliphatic carbocycles. The van der Waals surface area contributed by atoms with Gasteiger partial charge in [0.15, 0.2) is 0 Å². The molecule has 1 saturated heterocycles. The highest BCUT2D eigenvalue weighted by Gasteiger charge is 2.40. The van der Waals surface area contributed by atoms with Gasteiger partial charge in [0.1, 0.15) is 5.54 Å². The molecule has 0 saturated carbocycles. The van der Waals surface area contributed by atoms with Gasteiger partial charge in [-0.05, 0) is 20.8 Å². The molecule has 0 aromatic rings. The zero-order chi connectivity index (χ0) is 13.2. The van der Waals surface area contributed by atoms with Crippen molar-refractivity contribution in [2.45, 2.75) is 45.2 Å². The Bertz CT molecular complexity index is 337. The van der Waals surface area contributed by atoms with Crippen molar-refractivity contribution in [3.05, 3.63) is 0 Å². The van der Waals surface area contributed by atoms with Crippen LogP contribution < -0.4 is 5.32 Å². The Balaban J connectivity index is 2.83. The first-order valence-corrected chi connectivity index (χ1v) is 5.60. The number of nitrogens with zero attached hydrogens (tertiary/aromatic N) is 1. The molecule has 0 spiro atoms. The van der Waals surface area contributed by atoms with E-state index in [4.69, 9.17) is 0 Å². The maximum absolute atomic E-state index is 11.5. The first kappa shape index (κ1) is 13.6. The second kappa shape index (κ2) is 4.83. The summed E-state index contributed by atoms with van der Waals surface area (Å²) in [6.07, 6.45) is 0.354. The van der Waals surface area contributed by atoms with Crippen LogP contribution in [0.25, 0.3) is 0 Å². The van der Waals surface area contributed by atoms with Crippen molar-refractivity contribution in [1.29, 1.82) is 0 Å². The van der Waals surface area contributed by atoms with Crippen LogP contribution in [0.3, 0.4) is 0 Å². The number of carboxylic acids is 1. The van der Waals surface area contributed by atoms with Crippen molar-refractivity contribution in [3.63, 3.8) is 0 Å². The van der Waals surface area contributed by atoms with Crippen LogP contribution in [0.4, 0.5) is 0 Å². The average Bonchev–Trinajstić information content (AvgIpc) is 2.48. The highest BCUT2D eigenvalue weighted by molar-refractivity contribution is 6.02. The number of nitrogens with one attached hydrogen (secondary N) is 1. The van der Waals surface area contributed by atoms with E-state index in [1.165, 1.54) is 6.92 Å². The summed E-state index contributed by atoms with van der Waals surface area (Å²) in [6, 6.07) is -0.0519. The van der Waals surface area contributed by atoms with Gasteiger partial charge in [-0.1, -0.05) is 0 Å². The Hall–Kier alpha value is -1.43. The number of rotatable bonds is 5. The Morgan fingerprint density at radius 1 is 1.41 bits per heavy atom. The van der Waals surface area contributed by atoms with Crippen LogP contribution in [0.15, 0.2) is 0 Å². The van der Waals surface area contributed by atoms with Gasteiger partial charge in [0.05, 0.1) is 6.54 Å². The summed E-state index contributed by atoms with van der Waals surface area (Å²) in [5.74, 6) is -1.67. The molecule has 6 nitrogen and oxygen atoms in total. The third-order valence-corrected chi connectivity index (χ3v) is 2.71. The molecule has 0 aromatic heterocycles. The third kappa shape index (κ3) is 3.03. The largest absolute Gasteiger partial charge is 0.480 e. The van der Waals surface area contributed by atoms with E-state index in [0.29, 0.717) is 0 Å². The molecular weight excluding hydrogens is 224 g/mol. The lowest BCUT2D eigenvalue weighted by atomic mass is 10.0. The zero-order valence-corrected chi connectivity index (χ0v) is 10.3. The summed E-state index contributed by atoms with van der Waals surface area (Å²) in [5.41, 5.74) is -1.30. The second-order valence-electron chi connectivity index (χ2n) is 4.81. The molecule has 96 valence electrons. The van der Waals surface area contributed by atoms with Crippen molar-refractivity contribution >= 4 is 17.8 Å². The molecule has 2 amide bonds. The molecule has 0 aromatic carbocycles. The van der Waals surface area contributed by atoms with E-state index >= 15 is 0 Å². The highest BCUT2D eigenvalue weighted by Crippen LogP contribution is 2.17. The van der Waals surface area contributed by atoms with Crippen molar-refractivity contribution < 1.29 is 19.5 Å². The predicted octanol–water partition coefficient (Wildman–Crippen LogP) is -0.0233. The summed E-state index contributed by atoms with van der Waals surface area (Å²) in [7, 11) is 0. The van der Waals surface area contributed by atoms with E-state index < -0.39 is 11.5 Å². The van der Waals surface area contributed by atoms with Gasteiger partial charge < -0.3 is 5.11 Å². The lowest BCUT2D eigenvalue weighted by Crippen LogP contribution is -2.59. The number of amides is 2. The molecule has 6 heteroatoms. The number of carbonyl (C=O) groups excluding carboxylic acids is 2. The molecule has 1 atom stereocenters. The molecule has 1 aliphatic rings. The van der Waals surface area contributed by atoms with E-state index in [2.05, 4.69) is 5.32 Å². The number of likely N-dealkylation sites (tertiary alicyclic amines) is 1. The molecule has 0 radical (unpaired) electrons. The number of hydrogen-bond donors (Lipinski definition) is 2. The summed E-state index contributed by atoms with van der Waals surface area (Å²) in [4.78, 5) is 35.2. The van der Waals surface area contributed by atoms with Crippen LogP contribution in [-0.2, 0) is 14.4 Å². The quantitative estimate of drug-likeness (QED) is 0.661. The van der Waals surface area contributed by atoms with E-state index in [1.54, 1.807) is 0 Å². The standard InChI is InChI=1S/C11H18N2O4/c1-7(2)12-11(3,10(16)17)6-13-8(14)4-5-9(13)15/h7,12H,4-6H2,1-3H3,(H,16,17). The molecule has 1 heterocycles. The average molecular weight is 242 g/mol. The number of hydrogen-bond acceptors (Lipinski definition) is 4.